The van der Waals surface area contributed by atoms with Gasteiger partial charge in [0, 0.05) is 26.7 Å². The molecule has 2 N–H and O–H groups in total. The van der Waals surface area contributed by atoms with Crippen LogP contribution in [0.2, 0.25) is 18.1 Å². The Hall–Kier alpha value is -1.97. The number of imidazole rings is 1. The van der Waals surface area contributed by atoms with E-state index < -0.39 is 19.8 Å². The second-order valence-electron chi connectivity index (χ2n) is 12.2. The highest BCUT2D eigenvalue weighted by Crippen LogP contribution is 2.36. The van der Waals surface area contributed by atoms with E-state index >= 15 is 0 Å². The van der Waals surface area contributed by atoms with Crippen molar-refractivity contribution in [2.45, 2.75) is 91.6 Å². The standard InChI is InChI=1S/C26H47N5O3Si/c1-25(2,3)22(24(33)27-7)29-23(32)21-19-18-30(8)15-13-16-31(19)20(28-21)14-11-12-17-34-35(9,10)26(4,5)6/h11,14,22H,12-13,15-18H2,1-10H3,(H,27,33)(H,29,32)/t22-/m1/s1. The summed E-state index contributed by atoms with van der Waals surface area (Å²) in [6, 6.07) is -0.660. The highest BCUT2D eigenvalue weighted by Gasteiger charge is 2.37. The Bertz CT molecular complexity index is 925. The molecule has 0 unspecified atom stereocenters. The van der Waals surface area contributed by atoms with E-state index in [1.165, 1.54) is 0 Å². The summed E-state index contributed by atoms with van der Waals surface area (Å²) in [4.78, 5) is 32.8. The van der Waals surface area contributed by atoms with Gasteiger partial charge in [0.2, 0.25) is 5.91 Å². The Labute approximate surface area is 213 Å². The van der Waals surface area contributed by atoms with Crippen LogP contribution in [0.4, 0.5) is 0 Å². The molecule has 1 aromatic rings. The van der Waals surface area contributed by atoms with E-state index in [1.807, 2.05) is 26.8 Å². The van der Waals surface area contributed by atoms with Crippen LogP contribution < -0.4 is 10.6 Å². The van der Waals surface area contributed by atoms with E-state index in [0.717, 1.165) is 37.4 Å². The lowest BCUT2D eigenvalue weighted by Crippen LogP contribution is -2.53. The second-order valence-corrected chi connectivity index (χ2v) is 17.0. The fraction of sp³-hybridized carbons (Fsp3) is 0.731. The van der Waals surface area contributed by atoms with Crippen molar-refractivity contribution in [1.29, 1.82) is 0 Å². The lowest BCUT2D eigenvalue weighted by Gasteiger charge is -2.36. The van der Waals surface area contributed by atoms with E-state index in [4.69, 9.17) is 9.41 Å². The number of hydrogen-bond acceptors (Lipinski definition) is 5. The molecule has 0 aliphatic carbocycles. The van der Waals surface area contributed by atoms with Crippen LogP contribution in [0.25, 0.3) is 6.08 Å². The van der Waals surface area contributed by atoms with Gasteiger partial charge < -0.3 is 24.5 Å². The van der Waals surface area contributed by atoms with E-state index in [9.17, 15) is 9.59 Å². The Kier molecular flexibility index (Phi) is 9.52. The van der Waals surface area contributed by atoms with Crippen molar-refractivity contribution in [2.75, 3.05) is 27.2 Å². The molecule has 8 nitrogen and oxygen atoms in total. The predicted octanol–water partition coefficient (Wildman–Crippen LogP) is 4.03. The normalized spacial score (nSPS) is 16.6. The van der Waals surface area contributed by atoms with Gasteiger partial charge in [-0.2, -0.15) is 0 Å². The smallest absolute Gasteiger partial charge is 0.272 e. The maximum atomic E-state index is 13.4. The zero-order valence-electron chi connectivity index (χ0n) is 23.5. The first-order chi connectivity index (χ1) is 16.1. The molecule has 0 spiro atoms. The SMILES string of the molecule is CNC(=O)[C@@H](NC(=O)c1nc(C=CCCO[Si](C)(C)C(C)(C)C)n2c1CN(C)CCC2)C(C)(C)C. The molecule has 0 saturated carbocycles. The van der Waals surface area contributed by atoms with E-state index in [0.29, 0.717) is 18.8 Å². The van der Waals surface area contributed by atoms with Crippen LogP contribution in [-0.4, -0.2) is 67.9 Å². The van der Waals surface area contributed by atoms with Gasteiger partial charge in [-0.15, -0.1) is 0 Å². The zero-order valence-corrected chi connectivity index (χ0v) is 24.5. The van der Waals surface area contributed by atoms with Crippen molar-refractivity contribution in [3.05, 3.63) is 23.3 Å². The lowest BCUT2D eigenvalue weighted by molar-refractivity contribution is -0.124. The molecular weight excluding hydrogens is 458 g/mol. The summed E-state index contributed by atoms with van der Waals surface area (Å²) in [5.74, 6) is 0.253. The molecule has 0 bridgehead atoms. The first kappa shape index (κ1) is 29.3. The number of nitrogens with zero attached hydrogens (tertiary/aromatic N) is 3. The summed E-state index contributed by atoms with van der Waals surface area (Å²) >= 11 is 0. The molecule has 0 fully saturated rings. The summed E-state index contributed by atoms with van der Waals surface area (Å²) in [6.45, 7) is 20.1. The Morgan fingerprint density at radius 1 is 1.17 bits per heavy atom. The van der Waals surface area contributed by atoms with Gasteiger partial charge in [-0.05, 0) is 56.1 Å². The minimum Gasteiger partial charge on any atom is -0.417 e. The van der Waals surface area contributed by atoms with Crippen LogP contribution in [0.3, 0.4) is 0 Å². The zero-order chi connectivity index (χ0) is 26.6. The molecule has 2 heterocycles. The highest BCUT2D eigenvalue weighted by molar-refractivity contribution is 6.74. The van der Waals surface area contributed by atoms with Crippen molar-refractivity contribution in [3.8, 4) is 0 Å². The number of likely N-dealkylation sites (N-methyl/N-ethyl adjacent to an activating group) is 1. The van der Waals surface area contributed by atoms with Gasteiger partial charge in [-0.1, -0.05) is 47.6 Å². The largest absolute Gasteiger partial charge is 0.417 e. The molecule has 0 aromatic carbocycles. The number of rotatable bonds is 8. The van der Waals surface area contributed by atoms with E-state index in [1.54, 1.807) is 7.05 Å². The molecule has 1 aliphatic rings. The monoisotopic (exact) mass is 505 g/mol. The summed E-state index contributed by atoms with van der Waals surface area (Å²) in [6.07, 6.45) is 5.86. The fourth-order valence-electron chi connectivity index (χ4n) is 3.86. The van der Waals surface area contributed by atoms with Gasteiger partial charge in [0.05, 0.1) is 5.69 Å². The molecule has 1 atom stereocenters. The molecule has 2 rings (SSSR count). The maximum Gasteiger partial charge on any atom is 0.272 e. The first-order valence-corrected chi connectivity index (χ1v) is 15.6. The Morgan fingerprint density at radius 3 is 2.40 bits per heavy atom. The van der Waals surface area contributed by atoms with Gasteiger partial charge in [0.1, 0.15) is 11.9 Å². The third-order valence-corrected chi connectivity index (χ3v) is 11.7. The summed E-state index contributed by atoms with van der Waals surface area (Å²) in [5.41, 5.74) is 0.856. The minimum atomic E-state index is -1.77. The number of carbonyl (C=O) groups is 2. The molecule has 0 saturated heterocycles. The molecule has 1 aliphatic heterocycles. The van der Waals surface area contributed by atoms with Crippen molar-refractivity contribution in [2.24, 2.45) is 5.41 Å². The number of nitrogens with one attached hydrogen (secondary N) is 2. The van der Waals surface area contributed by atoms with Gasteiger partial charge in [0.25, 0.3) is 5.91 Å². The second kappa shape index (κ2) is 11.4. The molecule has 198 valence electrons. The molecule has 35 heavy (non-hydrogen) atoms. The van der Waals surface area contributed by atoms with Crippen LogP contribution in [0, 0.1) is 5.41 Å². The Balaban J connectivity index is 2.26. The van der Waals surface area contributed by atoms with Gasteiger partial charge in [0.15, 0.2) is 14.0 Å². The fourth-order valence-corrected chi connectivity index (χ4v) is 4.93. The number of aromatic nitrogens is 2. The number of fused-ring (bicyclic) bond motifs is 1. The van der Waals surface area contributed by atoms with E-state index in [-0.39, 0.29) is 16.9 Å². The third kappa shape index (κ3) is 7.51. The molecule has 9 heteroatoms. The predicted molar refractivity (Wildman–Crippen MR) is 145 cm³/mol. The summed E-state index contributed by atoms with van der Waals surface area (Å²) in [7, 11) is 1.87. The third-order valence-electron chi connectivity index (χ3n) is 7.13. The molecule has 1 aromatic heterocycles. The van der Waals surface area contributed by atoms with Crippen molar-refractivity contribution in [3.63, 3.8) is 0 Å². The van der Waals surface area contributed by atoms with Crippen molar-refractivity contribution >= 4 is 26.2 Å². The van der Waals surface area contributed by atoms with Crippen molar-refractivity contribution in [1.82, 2.24) is 25.1 Å². The van der Waals surface area contributed by atoms with Crippen LogP contribution in [0.1, 0.15) is 76.4 Å². The average Bonchev–Trinajstić information content (AvgIpc) is 2.94. The topological polar surface area (TPSA) is 88.5 Å². The van der Waals surface area contributed by atoms with E-state index in [2.05, 4.69) is 67.1 Å². The molecule has 0 radical (unpaired) electrons. The quantitative estimate of drug-likeness (QED) is 0.411. The van der Waals surface area contributed by atoms with Crippen LogP contribution in [-0.2, 0) is 22.3 Å². The van der Waals surface area contributed by atoms with Gasteiger partial charge in [-0.3, -0.25) is 9.59 Å². The van der Waals surface area contributed by atoms with Crippen LogP contribution >= 0.6 is 0 Å². The lowest BCUT2D eigenvalue weighted by atomic mass is 9.86. The number of amides is 2. The number of hydrogen-bond donors (Lipinski definition) is 2. The summed E-state index contributed by atoms with van der Waals surface area (Å²) < 4.78 is 8.43. The first-order valence-electron chi connectivity index (χ1n) is 12.7. The molecule has 2 amide bonds. The average molecular weight is 506 g/mol. The Morgan fingerprint density at radius 2 is 1.83 bits per heavy atom. The molecular formula is C26H47N5O3Si. The maximum absolute atomic E-state index is 13.4. The highest BCUT2D eigenvalue weighted by atomic mass is 28.4. The van der Waals surface area contributed by atoms with Gasteiger partial charge in [-0.25, -0.2) is 4.98 Å². The minimum absolute atomic E-state index is 0.186. The van der Waals surface area contributed by atoms with Crippen molar-refractivity contribution < 1.29 is 14.0 Å². The number of carbonyl (C=O) groups excluding carboxylic acids is 2. The van der Waals surface area contributed by atoms with Crippen LogP contribution in [0.15, 0.2) is 6.08 Å². The van der Waals surface area contributed by atoms with Gasteiger partial charge >= 0.3 is 0 Å². The summed E-state index contributed by atoms with van der Waals surface area (Å²) in [5, 5.41) is 5.80. The van der Waals surface area contributed by atoms with Crippen LogP contribution in [0.5, 0.6) is 0 Å².